The molecule has 1 amide bonds. The summed E-state index contributed by atoms with van der Waals surface area (Å²) in [4.78, 5) is 17.1. The molecular formula is C21H25FN2O3. The average molecular weight is 372 g/mol. The van der Waals surface area contributed by atoms with E-state index < -0.39 is 0 Å². The fraction of sp³-hybridized carbons (Fsp3) is 0.381. The van der Waals surface area contributed by atoms with Crippen molar-refractivity contribution in [2.75, 3.05) is 46.5 Å². The lowest BCUT2D eigenvalue weighted by Crippen LogP contribution is -2.42. The van der Waals surface area contributed by atoms with Crippen LogP contribution < -0.4 is 4.74 Å². The molecule has 1 saturated heterocycles. The Morgan fingerprint density at radius 2 is 1.93 bits per heavy atom. The number of carbonyl (C=O) groups excluding carboxylic acids is 1. The van der Waals surface area contributed by atoms with Gasteiger partial charge in [-0.2, -0.15) is 0 Å². The molecule has 3 rings (SSSR count). The number of nitrogens with zero attached hydrogens (tertiary/aromatic N) is 2. The van der Waals surface area contributed by atoms with Crippen molar-refractivity contribution in [1.29, 1.82) is 0 Å². The Bertz CT molecular complexity index is 745. The lowest BCUT2D eigenvalue weighted by molar-refractivity contribution is 0.0320. The van der Waals surface area contributed by atoms with Crippen LogP contribution in [-0.4, -0.2) is 62.2 Å². The minimum atomic E-state index is -0.294. The van der Waals surface area contributed by atoms with Crippen LogP contribution in [0.5, 0.6) is 5.75 Å². The molecule has 0 spiro atoms. The largest absolute Gasteiger partial charge is 0.497 e. The van der Waals surface area contributed by atoms with Gasteiger partial charge in [0, 0.05) is 38.3 Å². The van der Waals surface area contributed by atoms with Crippen molar-refractivity contribution in [2.24, 2.45) is 0 Å². The first-order valence-electron chi connectivity index (χ1n) is 9.13. The second kappa shape index (κ2) is 9.48. The summed E-state index contributed by atoms with van der Waals surface area (Å²) < 4.78 is 24.1. The molecule has 0 saturated carbocycles. The first kappa shape index (κ1) is 19.3. The van der Waals surface area contributed by atoms with Gasteiger partial charge in [0.1, 0.15) is 11.6 Å². The predicted molar refractivity (Wildman–Crippen MR) is 101 cm³/mol. The summed E-state index contributed by atoms with van der Waals surface area (Å²) in [7, 11) is 1.59. The van der Waals surface area contributed by atoms with E-state index in [9.17, 15) is 9.18 Å². The van der Waals surface area contributed by atoms with Gasteiger partial charge in [-0.1, -0.05) is 12.1 Å². The summed E-state index contributed by atoms with van der Waals surface area (Å²) in [5, 5.41) is 0. The number of methoxy groups -OCH3 is 1. The number of carbonyl (C=O) groups is 1. The van der Waals surface area contributed by atoms with Crippen molar-refractivity contribution >= 4 is 5.91 Å². The van der Waals surface area contributed by atoms with Gasteiger partial charge in [0.25, 0.3) is 5.91 Å². The maximum atomic E-state index is 13.6. The lowest BCUT2D eigenvalue weighted by atomic mass is 10.1. The maximum absolute atomic E-state index is 13.6. The summed E-state index contributed by atoms with van der Waals surface area (Å²) in [5.41, 5.74) is 1.37. The van der Waals surface area contributed by atoms with Crippen LogP contribution in [0.25, 0.3) is 0 Å². The zero-order valence-corrected chi connectivity index (χ0v) is 15.6. The highest BCUT2D eigenvalue weighted by Crippen LogP contribution is 2.15. The second-order valence-corrected chi connectivity index (χ2v) is 6.54. The van der Waals surface area contributed by atoms with Gasteiger partial charge >= 0.3 is 0 Å². The number of amides is 1. The molecular weight excluding hydrogens is 347 g/mol. The van der Waals surface area contributed by atoms with Crippen molar-refractivity contribution in [2.45, 2.75) is 6.54 Å². The molecule has 0 bridgehead atoms. The van der Waals surface area contributed by atoms with Gasteiger partial charge in [0.2, 0.25) is 0 Å². The van der Waals surface area contributed by atoms with Crippen molar-refractivity contribution in [3.05, 3.63) is 65.5 Å². The third-order valence-corrected chi connectivity index (χ3v) is 4.68. The lowest BCUT2D eigenvalue weighted by Gasteiger charge is -2.30. The molecule has 1 heterocycles. The summed E-state index contributed by atoms with van der Waals surface area (Å²) in [6.45, 7) is 4.87. The Balaban J connectivity index is 1.73. The van der Waals surface area contributed by atoms with E-state index in [1.807, 2.05) is 6.07 Å². The summed E-state index contributed by atoms with van der Waals surface area (Å²) >= 11 is 0. The van der Waals surface area contributed by atoms with Gasteiger partial charge in [0.15, 0.2) is 0 Å². The smallest absolute Gasteiger partial charge is 0.254 e. The fourth-order valence-corrected chi connectivity index (χ4v) is 3.11. The topological polar surface area (TPSA) is 42.0 Å². The minimum Gasteiger partial charge on any atom is -0.497 e. The van der Waals surface area contributed by atoms with Crippen molar-refractivity contribution in [3.8, 4) is 5.75 Å². The summed E-state index contributed by atoms with van der Waals surface area (Å²) in [6, 6.07) is 13.5. The molecule has 0 N–H and O–H groups in total. The fourth-order valence-electron chi connectivity index (χ4n) is 3.11. The first-order chi connectivity index (χ1) is 13.2. The number of morpholine rings is 1. The zero-order valence-electron chi connectivity index (χ0n) is 15.6. The maximum Gasteiger partial charge on any atom is 0.254 e. The number of benzene rings is 2. The number of halogens is 1. The van der Waals surface area contributed by atoms with Crippen LogP contribution in [0.2, 0.25) is 0 Å². The SMILES string of the molecule is COc1ccc(C(=O)N(CCN2CCOCC2)Cc2cccc(F)c2)cc1. The molecule has 0 aromatic heterocycles. The summed E-state index contributed by atoms with van der Waals surface area (Å²) in [6.07, 6.45) is 0. The van der Waals surface area contributed by atoms with E-state index in [0.717, 1.165) is 38.4 Å². The van der Waals surface area contributed by atoms with Gasteiger partial charge in [0.05, 0.1) is 20.3 Å². The van der Waals surface area contributed by atoms with Crippen molar-refractivity contribution in [3.63, 3.8) is 0 Å². The third kappa shape index (κ3) is 5.52. The molecule has 1 fully saturated rings. The highest BCUT2D eigenvalue weighted by molar-refractivity contribution is 5.94. The Morgan fingerprint density at radius 1 is 1.19 bits per heavy atom. The summed E-state index contributed by atoms with van der Waals surface area (Å²) in [5.74, 6) is 0.337. The molecule has 6 heteroatoms. The van der Waals surface area contributed by atoms with E-state index in [0.29, 0.717) is 24.4 Å². The highest BCUT2D eigenvalue weighted by atomic mass is 19.1. The first-order valence-corrected chi connectivity index (χ1v) is 9.13. The normalized spacial score (nSPS) is 14.7. The Morgan fingerprint density at radius 3 is 2.59 bits per heavy atom. The highest BCUT2D eigenvalue weighted by Gasteiger charge is 2.19. The molecule has 1 aliphatic heterocycles. The van der Waals surface area contributed by atoms with E-state index in [1.165, 1.54) is 12.1 Å². The van der Waals surface area contributed by atoms with Crippen LogP contribution >= 0.6 is 0 Å². The number of ether oxygens (including phenoxy) is 2. The second-order valence-electron chi connectivity index (χ2n) is 6.54. The van der Waals surface area contributed by atoms with Gasteiger partial charge in [-0.05, 0) is 42.0 Å². The Labute approximate surface area is 159 Å². The molecule has 5 nitrogen and oxygen atoms in total. The van der Waals surface area contributed by atoms with Crippen LogP contribution in [0.1, 0.15) is 15.9 Å². The average Bonchev–Trinajstić information content (AvgIpc) is 2.71. The molecule has 0 unspecified atom stereocenters. The molecule has 1 aliphatic rings. The van der Waals surface area contributed by atoms with Crippen LogP contribution in [-0.2, 0) is 11.3 Å². The molecule has 2 aromatic rings. The van der Waals surface area contributed by atoms with Gasteiger partial charge in [-0.15, -0.1) is 0 Å². The quantitative estimate of drug-likeness (QED) is 0.750. The minimum absolute atomic E-state index is 0.0739. The van der Waals surface area contributed by atoms with E-state index in [2.05, 4.69) is 4.90 Å². The van der Waals surface area contributed by atoms with Crippen molar-refractivity contribution < 1.29 is 18.7 Å². The Kier molecular flexibility index (Phi) is 6.79. The van der Waals surface area contributed by atoms with Gasteiger partial charge in [-0.3, -0.25) is 9.69 Å². The van der Waals surface area contributed by atoms with Crippen LogP contribution in [0.4, 0.5) is 4.39 Å². The number of rotatable bonds is 7. The monoisotopic (exact) mass is 372 g/mol. The van der Waals surface area contributed by atoms with Crippen LogP contribution in [0.15, 0.2) is 48.5 Å². The molecule has 0 atom stereocenters. The van der Waals surface area contributed by atoms with E-state index in [1.54, 1.807) is 42.3 Å². The van der Waals surface area contributed by atoms with Crippen LogP contribution in [0, 0.1) is 5.82 Å². The number of hydrogen-bond acceptors (Lipinski definition) is 4. The third-order valence-electron chi connectivity index (χ3n) is 4.68. The molecule has 27 heavy (non-hydrogen) atoms. The van der Waals surface area contributed by atoms with Gasteiger partial charge in [-0.25, -0.2) is 4.39 Å². The van der Waals surface area contributed by atoms with E-state index in [4.69, 9.17) is 9.47 Å². The zero-order chi connectivity index (χ0) is 19.1. The standard InChI is InChI=1S/C21H25FN2O3/c1-26-20-7-5-18(6-8-20)21(25)24(10-9-23-11-13-27-14-12-23)16-17-3-2-4-19(22)15-17/h2-8,15H,9-14,16H2,1H3. The van der Waals surface area contributed by atoms with E-state index >= 15 is 0 Å². The number of hydrogen-bond donors (Lipinski definition) is 0. The molecule has 0 aliphatic carbocycles. The van der Waals surface area contributed by atoms with E-state index in [-0.39, 0.29) is 11.7 Å². The predicted octanol–water partition coefficient (Wildman–Crippen LogP) is 2.81. The van der Waals surface area contributed by atoms with Crippen molar-refractivity contribution in [1.82, 2.24) is 9.80 Å². The van der Waals surface area contributed by atoms with Crippen LogP contribution in [0.3, 0.4) is 0 Å². The molecule has 0 radical (unpaired) electrons. The molecule has 2 aromatic carbocycles. The molecule has 144 valence electrons. The Hall–Kier alpha value is -2.44. The van der Waals surface area contributed by atoms with Gasteiger partial charge < -0.3 is 14.4 Å².